The van der Waals surface area contributed by atoms with Crippen LogP contribution in [0, 0.1) is 17.2 Å². The number of anilines is 2. The standard InChI is InChI=1S/C13H22N6O/c1-6-19(8-10(4)7-14)12-16-11(15-5)17-13(18-12)20-9(2)3/h9-10H,6,8H2,1-5H3,(H,15,16,17,18). The summed E-state index contributed by atoms with van der Waals surface area (Å²) >= 11 is 0. The van der Waals surface area contributed by atoms with Crippen LogP contribution in [0.2, 0.25) is 0 Å². The molecule has 0 saturated heterocycles. The Bertz CT molecular complexity index is 470. The van der Waals surface area contributed by atoms with Crippen molar-refractivity contribution in [2.45, 2.75) is 33.8 Å². The first kappa shape index (κ1) is 16.0. The summed E-state index contributed by atoms with van der Waals surface area (Å²) in [6.07, 6.45) is -0.0111. The van der Waals surface area contributed by atoms with E-state index in [4.69, 9.17) is 10.00 Å². The van der Waals surface area contributed by atoms with Gasteiger partial charge in [0.15, 0.2) is 0 Å². The third kappa shape index (κ3) is 4.53. The minimum absolute atomic E-state index is 0.0111. The van der Waals surface area contributed by atoms with Crippen molar-refractivity contribution in [2.75, 3.05) is 30.4 Å². The molecule has 0 amide bonds. The summed E-state index contributed by atoms with van der Waals surface area (Å²) in [6, 6.07) is 2.50. The van der Waals surface area contributed by atoms with Crippen molar-refractivity contribution in [3.63, 3.8) is 0 Å². The summed E-state index contributed by atoms with van der Waals surface area (Å²) in [7, 11) is 1.74. The fourth-order valence-electron chi connectivity index (χ4n) is 1.59. The molecule has 0 saturated carbocycles. The van der Waals surface area contributed by atoms with Crippen LogP contribution in [0.1, 0.15) is 27.7 Å². The lowest BCUT2D eigenvalue weighted by molar-refractivity contribution is 0.222. The van der Waals surface area contributed by atoms with E-state index in [0.717, 1.165) is 0 Å². The number of ether oxygens (including phenoxy) is 1. The Morgan fingerprint density at radius 2 is 2.00 bits per heavy atom. The number of nitriles is 1. The molecule has 0 aliphatic carbocycles. The molecular weight excluding hydrogens is 256 g/mol. The van der Waals surface area contributed by atoms with E-state index >= 15 is 0 Å². The van der Waals surface area contributed by atoms with Crippen molar-refractivity contribution in [2.24, 2.45) is 5.92 Å². The lowest BCUT2D eigenvalue weighted by Gasteiger charge is -2.22. The molecule has 1 N–H and O–H groups in total. The smallest absolute Gasteiger partial charge is 0.323 e. The van der Waals surface area contributed by atoms with Crippen molar-refractivity contribution < 1.29 is 4.74 Å². The maximum absolute atomic E-state index is 8.93. The molecule has 7 nitrogen and oxygen atoms in total. The van der Waals surface area contributed by atoms with Gasteiger partial charge in [-0.15, -0.1) is 0 Å². The molecule has 0 radical (unpaired) electrons. The normalized spacial score (nSPS) is 11.8. The van der Waals surface area contributed by atoms with Crippen molar-refractivity contribution in [1.29, 1.82) is 5.26 Å². The van der Waals surface area contributed by atoms with Gasteiger partial charge < -0.3 is 15.0 Å². The zero-order valence-electron chi connectivity index (χ0n) is 12.7. The molecule has 1 atom stereocenters. The van der Waals surface area contributed by atoms with Gasteiger partial charge in [-0.25, -0.2) is 0 Å². The minimum atomic E-state index is -0.0979. The quantitative estimate of drug-likeness (QED) is 0.812. The van der Waals surface area contributed by atoms with Crippen LogP contribution in [0.3, 0.4) is 0 Å². The highest BCUT2D eigenvalue weighted by atomic mass is 16.5. The van der Waals surface area contributed by atoms with E-state index in [1.807, 2.05) is 32.6 Å². The first-order valence-electron chi connectivity index (χ1n) is 6.75. The van der Waals surface area contributed by atoms with Crippen LogP contribution in [-0.2, 0) is 0 Å². The number of hydrogen-bond donors (Lipinski definition) is 1. The SMILES string of the molecule is CCN(CC(C)C#N)c1nc(NC)nc(OC(C)C)n1. The monoisotopic (exact) mass is 278 g/mol. The van der Waals surface area contributed by atoms with E-state index < -0.39 is 0 Å². The maximum Gasteiger partial charge on any atom is 0.323 e. The molecule has 0 bridgehead atoms. The second kappa shape index (κ2) is 7.48. The fraction of sp³-hybridized carbons (Fsp3) is 0.692. The fourth-order valence-corrected chi connectivity index (χ4v) is 1.59. The summed E-state index contributed by atoms with van der Waals surface area (Å²) in [5.41, 5.74) is 0. The van der Waals surface area contributed by atoms with Crippen molar-refractivity contribution in [1.82, 2.24) is 15.0 Å². The maximum atomic E-state index is 8.93. The molecular formula is C13H22N6O. The van der Waals surface area contributed by atoms with Crippen molar-refractivity contribution >= 4 is 11.9 Å². The molecule has 0 fully saturated rings. The lowest BCUT2D eigenvalue weighted by Crippen LogP contribution is -2.30. The minimum Gasteiger partial charge on any atom is -0.461 e. The Kier molecular flexibility index (Phi) is 5.97. The van der Waals surface area contributed by atoms with Crippen molar-refractivity contribution in [3.05, 3.63) is 0 Å². The second-order valence-electron chi connectivity index (χ2n) is 4.73. The summed E-state index contributed by atoms with van der Waals surface area (Å²) in [5, 5.41) is 11.8. The van der Waals surface area contributed by atoms with Crippen LogP contribution in [0.5, 0.6) is 6.01 Å². The van der Waals surface area contributed by atoms with Gasteiger partial charge in [0.25, 0.3) is 0 Å². The Labute approximate surface area is 120 Å². The molecule has 0 aromatic carbocycles. The van der Waals surface area contributed by atoms with Crippen LogP contribution in [0.25, 0.3) is 0 Å². The number of nitrogens with one attached hydrogen (secondary N) is 1. The van der Waals surface area contributed by atoms with Gasteiger partial charge in [0.2, 0.25) is 11.9 Å². The van der Waals surface area contributed by atoms with E-state index in [9.17, 15) is 0 Å². The van der Waals surface area contributed by atoms with E-state index in [-0.39, 0.29) is 18.0 Å². The molecule has 0 aliphatic rings. The predicted molar refractivity (Wildman–Crippen MR) is 77.8 cm³/mol. The summed E-state index contributed by atoms with van der Waals surface area (Å²) < 4.78 is 5.53. The van der Waals surface area contributed by atoms with Gasteiger partial charge in [-0.3, -0.25) is 0 Å². The Morgan fingerprint density at radius 3 is 2.50 bits per heavy atom. The Balaban J connectivity index is 3.04. The largest absolute Gasteiger partial charge is 0.461 e. The summed E-state index contributed by atoms with van der Waals surface area (Å²) in [6.45, 7) is 8.97. The third-order valence-electron chi connectivity index (χ3n) is 2.55. The van der Waals surface area contributed by atoms with Gasteiger partial charge in [0, 0.05) is 20.1 Å². The highest BCUT2D eigenvalue weighted by Gasteiger charge is 2.15. The molecule has 20 heavy (non-hydrogen) atoms. The molecule has 1 unspecified atom stereocenters. The summed E-state index contributed by atoms with van der Waals surface area (Å²) in [4.78, 5) is 14.7. The first-order valence-corrected chi connectivity index (χ1v) is 6.75. The van der Waals surface area contributed by atoms with Gasteiger partial charge in [0.05, 0.1) is 18.1 Å². The Hall–Kier alpha value is -2.10. The van der Waals surface area contributed by atoms with Gasteiger partial charge in [-0.2, -0.15) is 20.2 Å². The van der Waals surface area contributed by atoms with Gasteiger partial charge in [-0.05, 0) is 27.7 Å². The third-order valence-corrected chi connectivity index (χ3v) is 2.55. The molecule has 110 valence electrons. The van der Waals surface area contributed by atoms with E-state index in [1.165, 1.54) is 0 Å². The van der Waals surface area contributed by atoms with Crippen LogP contribution >= 0.6 is 0 Å². The van der Waals surface area contributed by atoms with E-state index in [1.54, 1.807) is 7.05 Å². The molecule has 0 spiro atoms. The molecule has 1 aromatic rings. The van der Waals surface area contributed by atoms with Crippen molar-refractivity contribution in [3.8, 4) is 12.1 Å². The van der Waals surface area contributed by atoms with Gasteiger partial charge in [0.1, 0.15) is 0 Å². The number of rotatable bonds is 7. The Morgan fingerprint density at radius 1 is 1.30 bits per heavy atom. The van der Waals surface area contributed by atoms with E-state index in [0.29, 0.717) is 25.0 Å². The number of aromatic nitrogens is 3. The lowest BCUT2D eigenvalue weighted by atomic mass is 10.2. The zero-order valence-corrected chi connectivity index (χ0v) is 12.7. The molecule has 1 rings (SSSR count). The van der Waals surface area contributed by atoms with Crippen LogP contribution in [0.4, 0.5) is 11.9 Å². The predicted octanol–water partition coefficient (Wildman–Crippen LogP) is 1.69. The summed E-state index contributed by atoms with van der Waals surface area (Å²) in [5.74, 6) is 0.873. The average Bonchev–Trinajstić information content (AvgIpc) is 2.43. The van der Waals surface area contributed by atoms with E-state index in [2.05, 4.69) is 26.3 Å². The average molecular weight is 278 g/mol. The first-order chi connectivity index (χ1) is 9.49. The molecule has 1 aromatic heterocycles. The zero-order chi connectivity index (χ0) is 15.1. The van der Waals surface area contributed by atoms with Gasteiger partial charge >= 0.3 is 6.01 Å². The topological polar surface area (TPSA) is 87.0 Å². The van der Waals surface area contributed by atoms with Crippen LogP contribution < -0.4 is 15.0 Å². The van der Waals surface area contributed by atoms with Crippen LogP contribution in [0.15, 0.2) is 0 Å². The number of hydrogen-bond acceptors (Lipinski definition) is 7. The molecule has 7 heteroatoms. The highest BCUT2D eigenvalue weighted by molar-refractivity contribution is 5.38. The molecule has 0 aliphatic heterocycles. The second-order valence-corrected chi connectivity index (χ2v) is 4.73. The van der Waals surface area contributed by atoms with Gasteiger partial charge in [-0.1, -0.05) is 0 Å². The molecule has 1 heterocycles. The highest BCUT2D eigenvalue weighted by Crippen LogP contribution is 2.16. The number of nitrogens with zero attached hydrogens (tertiary/aromatic N) is 5. The van der Waals surface area contributed by atoms with Crippen LogP contribution in [-0.4, -0.2) is 41.2 Å².